The fourth-order valence-corrected chi connectivity index (χ4v) is 5.86. The number of ketones is 2. The Kier molecular flexibility index (Phi) is 8.70. The molecule has 0 heterocycles. The summed E-state index contributed by atoms with van der Waals surface area (Å²) in [6.07, 6.45) is 0. The van der Waals surface area contributed by atoms with Gasteiger partial charge in [0.2, 0.25) is 0 Å². The molecule has 4 nitrogen and oxygen atoms in total. The second-order valence-electron chi connectivity index (χ2n) is 11.3. The zero-order valence-corrected chi connectivity index (χ0v) is 26.2. The minimum atomic E-state index is -0.140. The molecule has 7 aromatic carbocycles. The third kappa shape index (κ3) is 6.41. The van der Waals surface area contributed by atoms with E-state index < -0.39 is 0 Å². The van der Waals surface area contributed by atoms with Crippen LogP contribution in [0.15, 0.2) is 194 Å². The van der Waals surface area contributed by atoms with Crippen LogP contribution in [0, 0.1) is 0 Å². The van der Waals surface area contributed by atoms with Gasteiger partial charge in [-0.2, -0.15) is 0 Å². The van der Waals surface area contributed by atoms with E-state index in [1.807, 2.05) is 121 Å². The summed E-state index contributed by atoms with van der Waals surface area (Å²) in [5.74, 6) is -0.280. The van der Waals surface area contributed by atoms with Gasteiger partial charge in [0, 0.05) is 56.4 Å². The van der Waals surface area contributed by atoms with Crippen LogP contribution in [-0.4, -0.2) is 11.6 Å². The molecule has 0 saturated heterocycles. The lowest BCUT2D eigenvalue weighted by molar-refractivity contribution is 0.103. The first kappa shape index (κ1) is 30.2. The van der Waals surface area contributed by atoms with Crippen molar-refractivity contribution < 1.29 is 9.59 Å². The summed E-state index contributed by atoms with van der Waals surface area (Å²) in [7, 11) is 0. The minimum Gasteiger partial charge on any atom is -0.311 e. The van der Waals surface area contributed by atoms with Crippen molar-refractivity contribution in [1.82, 2.24) is 0 Å². The molecule has 0 saturated carbocycles. The van der Waals surface area contributed by atoms with Crippen LogP contribution in [0.25, 0.3) is 0 Å². The Morgan fingerprint density at radius 1 is 0.271 bits per heavy atom. The Labute approximate surface area is 280 Å². The van der Waals surface area contributed by atoms with E-state index in [9.17, 15) is 9.59 Å². The lowest BCUT2D eigenvalue weighted by Gasteiger charge is -2.25. The molecule has 0 aliphatic heterocycles. The molecule has 0 atom stereocenters. The van der Waals surface area contributed by atoms with Gasteiger partial charge >= 0.3 is 0 Å². The first-order valence-electron chi connectivity index (χ1n) is 15.9. The van der Waals surface area contributed by atoms with Crippen molar-refractivity contribution in [3.05, 3.63) is 216 Å². The zero-order valence-electron chi connectivity index (χ0n) is 26.2. The minimum absolute atomic E-state index is 0.140. The van der Waals surface area contributed by atoms with E-state index in [1.165, 1.54) is 0 Å². The van der Waals surface area contributed by atoms with E-state index in [-0.39, 0.29) is 11.6 Å². The van der Waals surface area contributed by atoms with E-state index in [1.54, 1.807) is 24.3 Å². The number of benzene rings is 7. The van der Waals surface area contributed by atoms with Crippen molar-refractivity contribution in [2.24, 2.45) is 0 Å². The number of hydrogen-bond acceptors (Lipinski definition) is 4. The maximum atomic E-state index is 13.6. The molecule has 7 aromatic rings. The second-order valence-corrected chi connectivity index (χ2v) is 11.3. The largest absolute Gasteiger partial charge is 0.311 e. The number of hydrogen-bond donors (Lipinski definition) is 0. The topological polar surface area (TPSA) is 40.6 Å². The average Bonchev–Trinajstić information content (AvgIpc) is 3.17. The Bertz CT molecular complexity index is 1900. The number of para-hydroxylation sites is 4. The summed E-state index contributed by atoms with van der Waals surface area (Å²) in [5, 5.41) is 0. The highest BCUT2D eigenvalue weighted by atomic mass is 16.1. The molecule has 230 valence electrons. The monoisotopic (exact) mass is 620 g/mol. The fraction of sp³-hybridized carbons (Fsp3) is 0. The van der Waals surface area contributed by atoms with Crippen LogP contribution in [0.2, 0.25) is 0 Å². The summed E-state index contributed by atoms with van der Waals surface area (Å²) in [5.41, 5.74) is 8.00. The molecule has 0 amide bonds. The quantitative estimate of drug-likeness (QED) is 0.143. The van der Waals surface area contributed by atoms with E-state index in [4.69, 9.17) is 0 Å². The van der Waals surface area contributed by atoms with Gasteiger partial charge in [-0.3, -0.25) is 9.59 Å². The summed E-state index contributed by atoms with van der Waals surface area (Å²) in [4.78, 5) is 31.6. The van der Waals surface area contributed by atoms with Crippen LogP contribution in [0.3, 0.4) is 0 Å². The maximum absolute atomic E-state index is 13.6. The van der Waals surface area contributed by atoms with Crippen LogP contribution >= 0.6 is 0 Å². The van der Waals surface area contributed by atoms with Gasteiger partial charge < -0.3 is 9.80 Å². The summed E-state index contributed by atoms with van der Waals surface area (Å²) >= 11 is 0. The van der Waals surface area contributed by atoms with Crippen molar-refractivity contribution in [2.45, 2.75) is 0 Å². The Morgan fingerprint density at radius 3 is 0.833 bits per heavy atom. The van der Waals surface area contributed by atoms with Crippen LogP contribution in [0.4, 0.5) is 34.1 Å². The van der Waals surface area contributed by atoms with E-state index >= 15 is 0 Å². The number of anilines is 6. The second kappa shape index (κ2) is 13.9. The van der Waals surface area contributed by atoms with Crippen molar-refractivity contribution in [3.63, 3.8) is 0 Å². The fourth-order valence-electron chi connectivity index (χ4n) is 5.86. The Hall–Kier alpha value is -6.52. The Morgan fingerprint density at radius 2 is 0.542 bits per heavy atom. The van der Waals surface area contributed by atoms with Gasteiger partial charge in [0.15, 0.2) is 11.6 Å². The van der Waals surface area contributed by atoms with E-state index in [0.717, 1.165) is 34.1 Å². The average molecular weight is 621 g/mol. The highest BCUT2D eigenvalue weighted by Crippen LogP contribution is 2.35. The molecule has 7 rings (SSSR count). The molecule has 0 unspecified atom stereocenters. The zero-order chi connectivity index (χ0) is 32.7. The molecular formula is C44H32N2O2. The van der Waals surface area contributed by atoms with Crippen LogP contribution in [-0.2, 0) is 0 Å². The molecule has 0 bridgehead atoms. The van der Waals surface area contributed by atoms with E-state index in [0.29, 0.717) is 22.3 Å². The maximum Gasteiger partial charge on any atom is 0.193 e. The smallest absolute Gasteiger partial charge is 0.193 e. The SMILES string of the molecule is O=C(c1ccc(N(c2ccccc2)c2ccccc2)cc1)c1cccc(C(=O)c2ccc(N(c3ccccc3)c3ccccc3)cc2)c1. The summed E-state index contributed by atoms with van der Waals surface area (Å²) in [6, 6.07) is 62.7. The van der Waals surface area contributed by atoms with Gasteiger partial charge in [0.25, 0.3) is 0 Å². The van der Waals surface area contributed by atoms with Crippen molar-refractivity contribution in [3.8, 4) is 0 Å². The van der Waals surface area contributed by atoms with Crippen molar-refractivity contribution in [1.29, 1.82) is 0 Å². The van der Waals surface area contributed by atoms with Gasteiger partial charge in [-0.15, -0.1) is 0 Å². The molecule has 0 aliphatic carbocycles. The number of nitrogens with zero attached hydrogens (tertiary/aromatic N) is 2. The number of carbonyl (C=O) groups is 2. The lowest BCUT2D eigenvalue weighted by atomic mass is 9.97. The number of carbonyl (C=O) groups excluding carboxylic acids is 2. The molecule has 0 fully saturated rings. The molecule has 0 radical (unpaired) electrons. The van der Waals surface area contributed by atoms with Gasteiger partial charge in [0.1, 0.15) is 0 Å². The van der Waals surface area contributed by atoms with Crippen LogP contribution in [0.1, 0.15) is 31.8 Å². The molecule has 0 N–H and O–H groups in total. The van der Waals surface area contributed by atoms with Crippen molar-refractivity contribution in [2.75, 3.05) is 9.80 Å². The van der Waals surface area contributed by atoms with Gasteiger partial charge in [-0.05, 0) is 103 Å². The predicted molar refractivity (Wildman–Crippen MR) is 196 cm³/mol. The lowest BCUT2D eigenvalue weighted by Crippen LogP contribution is -2.11. The molecular weight excluding hydrogens is 588 g/mol. The molecule has 48 heavy (non-hydrogen) atoms. The molecule has 4 heteroatoms. The van der Waals surface area contributed by atoms with Crippen molar-refractivity contribution >= 4 is 45.7 Å². The standard InChI is InChI=1S/C44H32N2O2/c47-43(33-24-28-41(29-25-33)45(37-16-5-1-6-17-37)38-18-7-2-8-19-38)35-14-13-15-36(32-35)44(48)34-26-30-42(31-27-34)46(39-20-9-3-10-21-39)40-22-11-4-12-23-40/h1-32H. The highest BCUT2D eigenvalue weighted by Gasteiger charge is 2.17. The number of rotatable bonds is 10. The highest BCUT2D eigenvalue weighted by molar-refractivity contribution is 6.13. The third-order valence-corrected chi connectivity index (χ3v) is 8.22. The summed E-state index contributed by atoms with van der Waals surface area (Å²) in [6.45, 7) is 0. The predicted octanol–water partition coefficient (Wildman–Crippen LogP) is 11.1. The first-order chi connectivity index (χ1) is 23.7. The van der Waals surface area contributed by atoms with Gasteiger partial charge in [-0.1, -0.05) is 91.0 Å². The Balaban J connectivity index is 1.12. The third-order valence-electron chi connectivity index (χ3n) is 8.22. The first-order valence-corrected chi connectivity index (χ1v) is 15.9. The molecule has 0 spiro atoms. The molecule has 0 aliphatic rings. The van der Waals surface area contributed by atoms with Gasteiger partial charge in [0.05, 0.1) is 0 Å². The van der Waals surface area contributed by atoms with E-state index in [2.05, 4.69) is 58.3 Å². The normalized spacial score (nSPS) is 10.7. The van der Waals surface area contributed by atoms with Crippen LogP contribution in [0.5, 0.6) is 0 Å². The molecule has 0 aromatic heterocycles. The van der Waals surface area contributed by atoms with Crippen LogP contribution < -0.4 is 9.80 Å². The summed E-state index contributed by atoms with van der Waals surface area (Å²) < 4.78 is 0. The van der Waals surface area contributed by atoms with Gasteiger partial charge in [-0.25, -0.2) is 0 Å².